The van der Waals surface area contributed by atoms with Gasteiger partial charge in [-0.25, -0.2) is 13.8 Å². The topological polar surface area (TPSA) is 56.0 Å². The normalized spacial score (nSPS) is 10.7. The van der Waals surface area contributed by atoms with E-state index in [1.165, 1.54) is 0 Å². The molecule has 0 aliphatic rings. The first-order chi connectivity index (χ1) is 6.99. The van der Waals surface area contributed by atoms with Crippen molar-refractivity contribution in [3.05, 3.63) is 32.6 Å². The summed E-state index contributed by atoms with van der Waals surface area (Å²) >= 11 is 10.8. The number of nitro groups is 1. The highest BCUT2D eigenvalue weighted by Crippen LogP contribution is 2.34. The number of rotatable bonds is 3. The summed E-state index contributed by atoms with van der Waals surface area (Å²) in [5.74, 6) is -0.418. The van der Waals surface area contributed by atoms with E-state index in [0.717, 1.165) is 6.20 Å². The van der Waals surface area contributed by atoms with E-state index in [1.54, 1.807) is 0 Å². The van der Waals surface area contributed by atoms with E-state index in [9.17, 15) is 18.9 Å². The van der Waals surface area contributed by atoms with Crippen LogP contribution in [0.3, 0.4) is 0 Å². The summed E-state index contributed by atoms with van der Waals surface area (Å²) < 4.78 is 24.9. The van der Waals surface area contributed by atoms with Gasteiger partial charge >= 0.3 is 5.69 Å². The Hall–Kier alpha value is -1.01. The van der Waals surface area contributed by atoms with Crippen LogP contribution in [0.25, 0.3) is 0 Å². The molecule has 4 nitrogen and oxygen atoms in total. The Morgan fingerprint density at radius 1 is 1.60 bits per heavy atom. The van der Waals surface area contributed by atoms with Gasteiger partial charge in [0.1, 0.15) is 0 Å². The molecule has 8 heteroatoms. The van der Waals surface area contributed by atoms with Crippen molar-refractivity contribution in [2.75, 3.05) is 0 Å². The smallest absolute Gasteiger partial charge is 0.258 e. The van der Waals surface area contributed by atoms with Gasteiger partial charge in [0.05, 0.1) is 16.4 Å². The molecule has 0 aromatic carbocycles. The zero-order valence-electron chi connectivity index (χ0n) is 7.08. The number of nitrogens with zero attached hydrogens (tertiary/aromatic N) is 2. The molecule has 0 amide bonds. The fraction of sp³-hybridized carbons (Fsp3) is 0.286. The Kier molecular flexibility index (Phi) is 3.76. The molecule has 82 valence electrons. The van der Waals surface area contributed by atoms with Crippen LogP contribution >= 0.6 is 23.2 Å². The fourth-order valence-electron chi connectivity index (χ4n) is 1.04. The molecule has 0 bridgehead atoms. The molecule has 1 heterocycles. The first-order valence-electron chi connectivity index (χ1n) is 3.64. The van der Waals surface area contributed by atoms with E-state index in [2.05, 4.69) is 4.98 Å². The van der Waals surface area contributed by atoms with Crippen LogP contribution in [-0.4, -0.2) is 9.91 Å². The van der Waals surface area contributed by atoms with Gasteiger partial charge < -0.3 is 0 Å². The monoisotopic (exact) mass is 256 g/mol. The first kappa shape index (κ1) is 12.1. The van der Waals surface area contributed by atoms with Crippen molar-refractivity contribution in [3.63, 3.8) is 0 Å². The van der Waals surface area contributed by atoms with Gasteiger partial charge in [-0.15, -0.1) is 11.6 Å². The lowest BCUT2D eigenvalue weighted by Gasteiger charge is -2.06. The van der Waals surface area contributed by atoms with Gasteiger partial charge in [-0.1, -0.05) is 11.6 Å². The van der Waals surface area contributed by atoms with Crippen molar-refractivity contribution in [3.8, 4) is 0 Å². The second-order valence-electron chi connectivity index (χ2n) is 2.52. The third-order valence-electron chi connectivity index (χ3n) is 1.70. The third kappa shape index (κ3) is 2.32. The van der Waals surface area contributed by atoms with Crippen LogP contribution in [-0.2, 0) is 5.88 Å². The summed E-state index contributed by atoms with van der Waals surface area (Å²) in [6.45, 7) is 0. The van der Waals surface area contributed by atoms with Crippen LogP contribution in [0, 0.1) is 10.1 Å². The van der Waals surface area contributed by atoms with Crippen LogP contribution < -0.4 is 0 Å². The minimum atomic E-state index is -2.87. The largest absolute Gasteiger partial charge is 0.311 e. The molecule has 0 aliphatic carbocycles. The van der Waals surface area contributed by atoms with E-state index in [1.807, 2.05) is 0 Å². The maximum atomic E-state index is 12.4. The average molecular weight is 257 g/mol. The molecule has 0 atom stereocenters. The Bertz CT molecular complexity index is 401. The molecule has 0 spiro atoms. The Labute approximate surface area is 93.0 Å². The minimum absolute atomic E-state index is 0.295. The quantitative estimate of drug-likeness (QED) is 0.361. The van der Waals surface area contributed by atoms with Gasteiger partial charge in [-0.3, -0.25) is 10.1 Å². The number of pyridine rings is 1. The molecule has 0 N–H and O–H groups in total. The number of halogens is 4. The van der Waals surface area contributed by atoms with Crippen molar-refractivity contribution in [2.24, 2.45) is 0 Å². The number of aromatic nitrogens is 1. The Balaban J connectivity index is 3.47. The van der Waals surface area contributed by atoms with Crippen LogP contribution in [0.15, 0.2) is 6.20 Å². The molecule has 1 rings (SSSR count). The van der Waals surface area contributed by atoms with E-state index in [0.29, 0.717) is 0 Å². The maximum Gasteiger partial charge on any atom is 0.311 e. The van der Waals surface area contributed by atoms with Gasteiger partial charge in [0, 0.05) is 11.8 Å². The second-order valence-corrected chi connectivity index (χ2v) is 3.15. The van der Waals surface area contributed by atoms with Crippen LogP contribution in [0.1, 0.15) is 17.6 Å². The molecule has 15 heavy (non-hydrogen) atoms. The highest BCUT2D eigenvalue weighted by Gasteiger charge is 2.26. The van der Waals surface area contributed by atoms with Gasteiger partial charge in [-0.2, -0.15) is 0 Å². The molecular formula is C7H4Cl2F2N2O2. The lowest BCUT2D eigenvalue weighted by Crippen LogP contribution is -2.02. The standard InChI is InChI=1S/C7H4Cl2F2N2O2/c8-1-3-4(7(10)11)2-12-6(9)5(3)13(14)15/h2,7H,1H2. The summed E-state index contributed by atoms with van der Waals surface area (Å²) in [5, 5.41) is 10.1. The molecule has 0 saturated carbocycles. The highest BCUT2D eigenvalue weighted by molar-refractivity contribution is 6.31. The number of hydrogen-bond acceptors (Lipinski definition) is 3. The second kappa shape index (κ2) is 4.67. The van der Waals surface area contributed by atoms with Crippen molar-refractivity contribution < 1.29 is 13.7 Å². The predicted molar refractivity (Wildman–Crippen MR) is 50.4 cm³/mol. The third-order valence-corrected chi connectivity index (χ3v) is 2.24. The lowest BCUT2D eigenvalue weighted by atomic mass is 10.1. The summed E-state index contributed by atoms with van der Waals surface area (Å²) in [7, 11) is 0. The SMILES string of the molecule is O=[N+]([O-])c1c(Cl)ncc(C(F)F)c1CCl. The lowest BCUT2D eigenvalue weighted by molar-refractivity contribution is -0.385. The maximum absolute atomic E-state index is 12.4. The van der Waals surface area contributed by atoms with Gasteiger partial charge in [0.2, 0.25) is 5.15 Å². The van der Waals surface area contributed by atoms with E-state index in [-0.39, 0.29) is 5.56 Å². The van der Waals surface area contributed by atoms with Gasteiger partial charge in [0.25, 0.3) is 6.43 Å². The zero-order valence-corrected chi connectivity index (χ0v) is 8.60. The number of hydrogen-bond donors (Lipinski definition) is 0. The molecule has 0 saturated heterocycles. The van der Waals surface area contributed by atoms with Gasteiger partial charge in [-0.05, 0) is 0 Å². The van der Waals surface area contributed by atoms with Crippen LogP contribution in [0.5, 0.6) is 0 Å². The van der Waals surface area contributed by atoms with E-state index < -0.39 is 33.6 Å². The summed E-state index contributed by atoms with van der Waals surface area (Å²) in [6.07, 6.45) is -2.08. The van der Waals surface area contributed by atoms with Crippen molar-refractivity contribution in [1.82, 2.24) is 4.98 Å². The zero-order chi connectivity index (χ0) is 11.6. The van der Waals surface area contributed by atoms with Crippen molar-refractivity contribution in [2.45, 2.75) is 12.3 Å². The van der Waals surface area contributed by atoms with Crippen LogP contribution in [0.4, 0.5) is 14.5 Å². The summed E-state index contributed by atoms with van der Waals surface area (Å²) in [4.78, 5) is 13.0. The van der Waals surface area contributed by atoms with E-state index in [4.69, 9.17) is 23.2 Å². The highest BCUT2D eigenvalue weighted by atomic mass is 35.5. The molecule has 0 fully saturated rings. The van der Waals surface area contributed by atoms with Crippen LogP contribution in [0.2, 0.25) is 5.15 Å². The fourth-order valence-corrected chi connectivity index (χ4v) is 1.55. The average Bonchev–Trinajstić information content (AvgIpc) is 2.15. The Morgan fingerprint density at radius 2 is 2.20 bits per heavy atom. The van der Waals surface area contributed by atoms with E-state index >= 15 is 0 Å². The summed E-state index contributed by atoms with van der Waals surface area (Å²) in [5.41, 5.74) is -1.53. The number of alkyl halides is 3. The molecule has 0 aliphatic heterocycles. The Morgan fingerprint density at radius 3 is 2.60 bits per heavy atom. The van der Waals surface area contributed by atoms with Gasteiger partial charge in [0.15, 0.2) is 0 Å². The molecule has 0 unspecified atom stereocenters. The molecular weight excluding hydrogens is 253 g/mol. The molecule has 1 aromatic rings. The summed E-state index contributed by atoms with van der Waals surface area (Å²) in [6, 6.07) is 0. The van der Waals surface area contributed by atoms with Crippen molar-refractivity contribution in [1.29, 1.82) is 0 Å². The molecule has 1 aromatic heterocycles. The predicted octanol–water partition coefficient (Wildman–Crippen LogP) is 3.32. The van der Waals surface area contributed by atoms with Crippen molar-refractivity contribution >= 4 is 28.9 Å². The minimum Gasteiger partial charge on any atom is -0.258 e. The first-order valence-corrected chi connectivity index (χ1v) is 4.56. The molecule has 0 radical (unpaired) electrons.